The van der Waals surface area contributed by atoms with E-state index >= 15 is 0 Å². The fourth-order valence-electron chi connectivity index (χ4n) is 2.88. The fraction of sp³-hybridized carbons (Fsp3) is 0.238. The Morgan fingerprint density at radius 1 is 1.15 bits per heavy atom. The van der Waals surface area contributed by atoms with Gasteiger partial charge >= 0.3 is 0 Å². The molecule has 1 aromatic heterocycles. The lowest BCUT2D eigenvalue weighted by Crippen LogP contribution is -2.27. The molecule has 0 saturated carbocycles. The summed E-state index contributed by atoms with van der Waals surface area (Å²) in [5.41, 5.74) is 3.89. The van der Waals surface area contributed by atoms with Crippen molar-refractivity contribution in [3.63, 3.8) is 0 Å². The third-order valence-electron chi connectivity index (χ3n) is 4.41. The number of hydrogen-bond acceptors (Lipinski definition) is 3. The van der Waals surface area contributed by atoms with Crippen molar-refractivity contribution >= 4 is 44.8 Å². The monoisotopic (exact) mass is 400 g/mol. The molecule has 0 aliphatic heterocycles. The maximum atomic E-state index is 12.5. The average Bonchev–Trinajstić information content (AvgIpc) is 3.09. The molecule has 0 radical (unpaired) electrons. The smallest absolute Gasteiger partial charge is 0.253 e. The van der Waals surface area contributed by atoms with Crippen molar-refractivity contribution in [1.29, 1.82) is 0 Å². The minimum atomic E-state index is -0.196. The van der Waals surface area contributed by atoms with Crippen LogP contribution in [-0.4, -0.2) is 17.7 Å². The van der Waals surface area contributed by atoms with Crippen LogP contribution in [0.4, 0.5) is 0 Å². The predicted molar refractivity (Wildman–Crippen MR) is 111 cm³/mol. The molecule has 2 amide bonds. The first-order valence-electron chi connectivity index (χ1n) is 8.68. The van der Waals surface area contributed by atoms with Crippen molar-refractivity contribution in [3.05, 3.63) is 70.1 Å². The van der Waals surface area contributed by atoms with Crippen molar-refractivity contribution in [2.24, 2.45) is 0 Å². The molecule has 2 aromatic carbocycles. The zero-order valence-corrected chi connectivity index (χ0v) is 16.8. The summed E-state index contributed by atoms with van der Waals surface area (Å²) in [6.45, 7) is 4.40. The summed E-state index contributed by atoms with van der Waals surface area (Å²) in [4.78, 5) is 23.9. The van der Waals surface area contributed by atoms with Crippen molar-refractivity contribution < 1.29 is 9.59 Å². The maximum Gasteiger partial charge on any atom is 0.253 e. The first-order valence-corrected chi connectivity index (χ1v) is 10.1. The van der Waals surface area contributed by atoms with Gasteiger partial charge in [0.15, 0.2) is 0 Å². The summed E-state index contributed by atoms with van der Waals surface area (Å²) in [7, 11) is 0. The molecule has 0 bridgehead atoms. The van der Waals surface area contributed by atoms with Crippen LogP contribution in [0, 0.1) is 6.92 Å². The summed E-state index contributed by atoms with van der Waals surface area (Å²) < 4.78 is 1.12. The summed E-state index contributed by atoms with van der Waals surface area (Å²) in [5, 5.41) is 8.69. The molecule has 0 aliphatic carbocycles. The molecule has 140 valence electrons. The summed E-state index contributed by atoms with van der Waals surface area (Å²) in [5.74, 6) is -0.318. The van der Waals surface area contributed by atoms with Crippen molar-refractivity contribution in [1.82, 2.24) is 10.6 Å². The molecule has 1 atom stereocenters. The molecule has 1 unspecified atom stereocenters. The van der Waals surface area contributed by atoms with Gasteiger partial charge < -0.3 is 10.6 Å². The van der Waals surface area contributed by atoms with Gasteiger partial charge in [0, 0.05) is 22.0 Å². The van der Waals surface area contributed by atoms with E-state index in [9.17, 15) is 9.59 Å². The number of hydrogen-bond donors (Lipinski definition) is 2. The quantitative estimate of drug-likeness (QED) is 0.596. The van der Waals surface area contributed by atoms with Gasteiger partial charge in [-0.2, -0.15) is 0 Å². The molecule has 2 N–H and O–H groups in total. The number of halogens is 1. The minimum Gasteiger partial charge on any atom is -0.349 e. The zero-order chi connectivity index (χ0) is 19.4. The topological polar surface area (TPSA) is 58.2 Å². The zero-order valence-electron chi connectivity index (χ0n) is 15.2. The van der Waals surface area contributed by atoms with Crippen LogP contribution in [0.2, 0.25) is 0 Å². The van der Waals surface area contributed by atoms with E-state index in [2.05, 4.69) is 16.7 Å². The van der Waals surface area contributed by atoms with E-state index in [0.717, 1.165) is 21.2 Å². The average molecular weight is 401 g/mol. The molecule has 1 heterocycles. The second-order valence-corrected chi connectivity index (χ2v) is 7.67. The van der Waals surface area contributed by atoms with E-state index in [1.54, 1.807) is 11.3 Å². The molecule has 0 aliphatic rings. The predicted octanol–water partition coefficient (Wildman–Crippen LogP) is 4.56. The summed E-state index contributed by atoms with van der Waals surface area (Å²) >= 11 is 7.10. The standard InChI is InChI=1S/C21H21ClN2O2S/c1-13-3-8-17-18(12-27-19(17)9-13)21(26)23-11-15-4-6-16(7-5-15)14(2)24-20(25)10-22/h3-9,12,14H,10-11H2,1-2H3,(H,23,26)(H,24,25). The molecule has 3 rings (SSSR count). The van der Waals surface area contributed by atoms with Crippen LogP contribution in [0.1, 0.15) is 40.0 Å². The normalized spacial score (nSPS) is 12.0. The Morgan fingerprint density at radius 2 is 1.89 bits per heavy atom. The fourth-order valence-corrected chi connectivity index (χ4v) is 3.99. The highest BCUT2D eigenvalue weighted by molar-refractivity contribution is 7.17. The molecule has 0 saturated heterocycles. The second-order valence-electron chi connectivity index (χ2n) is 6.50. The SMILES string of the molecule is Cc1ccc2c(C(=O)NCc3ccc(C(C)NC(=O)CCl)cc3)csc2c1. The first-order chi connectivity index (χ1) is 13.0. The third-order valence-corrected chi connectivity index (χ3v) is 5.60. The van der Waals surface area contributed by atoms with Crippen molar-refractivity contribution in [2.75, 3.05) is 5.88 Å². The number of alkyl halides is 1. The highest BCUT2D eigenvalue weighted by Crippen LogP contribution is 2.27. The van der Waals surface area contributed by atoms with E-state index in [0.29, 0.717) is 12.1 Å². The van der Waals surface area contributed by atoms with Gasteiger partial charge in [-0.3, -0.25) is 9.59 Å². The Kier molecular flexibility index (Phi) is 6.14. The lowest BCUT2D eigenvalue weighted by atomic mass is 10.1. The molecule has 6 heteroatoms. The van der Waals surface area contributed by atoms with E-state index in [-0.39, 0.29) is 23.7 Å². The van der Waals surface area contributed by atoms with Crippen LogP contribution >= 0.6 is 22.9 Å². The van der Waals surface area contributed by atoms with Crippen molar-refractivity contribution in [3.8, 4) is 0 Å². The Bertz CT molecular complexity index is 966. The van der Waals surface area contributed by atoms with Crippen LogP contribution in [0.3, 0.4) is 0 Å². The highest BCUT2D eigenvalue weighted by Gasteiger charge is 2.12. The third kappa shape index (κ3) is 4.67. The highest BCUT2D eigenvalue weighted by atomic mass is 35.5. The number of carbonyl (C=O) groups is 2. The van der Waals surface area contributed by atoms with E-state index < -0.39 is 0 Å². The Morgan fingerprint density at radius 3 is 2.59 bits per heavy atom. The largest absolute Gasteiger partial charge is 0.349 e. The lowest BCUT2D eigenvalue weighted by molar-refractivity contribution is -0.119. The number of aryl methyl sites for hydroxylation is 1. The second kappa shape index (κ2) is 8.55. The van der Waals surface area contributed by atoms with Gasteiger partial charge in [-0.15, -0.1) is 22.9 Å². The number of nitrogens with one attached hydrogen (secondary N) is 2. The van der Waals surface area contributed by atoms with Crippen LogP contribution < -0.4 is 10.6 Å². The van der Waals surface area contributed by atoms with Crippen LogP contribution in [0.15, 0.2) is 47.8 Å². The van der Waals surface area contributed by atoms with Gasteiger partial charge in [-0.1, -0.05) is 36.4 Å². The number of rotatable bonds is 6. The number of benzene rings is 2. The lowest BCUT2D eigenvalue weighted by Gasteiger charge is -2.14. The van der Waals surface area contributed by atoms with Crippen LogP contribution in [-0.2, 0) is 11.3 Å². The van der Waals surface area contributed by atoms with Crippen LogP contribution in [0.25, 0.3) is 10.1 Å². The molecular formula is C21H21ClN2O2S. The van der Waals surface area contributed by atoms with Gasteiger partial charge in [-0.05, 0) is 36.6 Å². The Balaban J connectivity index is 1.62. The molecule has 0 fully saturated rings. The molecule has 4 nitrogen and oxygen atoms in total. The summed E-state index contributed by atoms with van der Waals surface area (Å²) in [6, 6.07) is 13.8. The number of carbonyl (C=O) groups excluding carboxylic acids is 2. The van der Waals surface area contributed by atoms with Gasteiger partial charge in [0.1, 0.15) is 5.88 Å². The summed E-state index contributed by atoms with van der Waals surface area (Å²) in [6.07, 6.45) is 0. The molecule has 3 aromatic rings. The number of amides is 2. The number of thiophene rings is 1. The maximum absolute atomic E-state index is 12.5. The van der Waals surface area contributed by atoms with Crippen molar-refractivity contribution in [2.45, 2.75) is 26.4 Å². The first kappa shape index (κ1) is 19.4. The van der Waals surface area contributed by atoms with E-state index in [1.165, 1.54) is 5.56 Å². The van der Waals surface area contributed by atoms with Gasteiger partial charge in [-0.25, -0.2) is 0 Å². The number of fused-ring (bicyclic) bond motifs is 1. The van der Waals surface area contributed by atoms with Gasteiger partial charge in [0.2, 0.25) is 5.91 Å². The molecular weight excluding hydrogens is 380 g/mol. The van der Waals surface area contributed by atoms with E-state index in [4.69, 9.17) is 11.6 Å². The Labute approximate surface area is 167 Å². The molecule has 0 spiro atoms. The van der Waals surface area contributed by atoms with Gasteiger partial charge in [0.25, 0.3) is 5.91 Å². The minimum absolute atomic E-state index is 0.0503. The van der Waals surface area contributed by atoms with Crippen LogP contribution in [0.5, 0.6) is 0 Å². The van der Waals surface area contributed by atoms with Gasteiger partial charge in [0.05, 0.1) is 11.6 Å². The van der Waals surface area contributed by atoms with E-state index in [1.807, 2.05) is 55.6 Å². The molecule has 27 heavy (non-hydrogen) atoms. The Hall–Kier alpha value is -2.37.